The normalized spacial score (nSPS) is 10.8. The number of carboxylic acids is 1. The van der Waals surface area contributed by atoms with Gasteiger partial charge >= 0.3 is 5.97 Å². The minimum Gasteiger partial charge on any atom is -0.481 e. The van der Waals surface area contributed by atoms with E-state index in [1.807, 2.05) is 0 Å². The fourth-order valence-electron chi connectivity index (χ4n) is 1.21. The summed E-state index contributed by atoms with van der Waals surface area (Å²) in [6.07, 6.45) is 0. The standard InChI is InChI=1S/C11H10FNO2/c1-11(2,10(14)15)8-4-3-7(6-13)5-9(8)12/h3-5H,1-2H3,(H,14,15). The average molecular weight is 207 g/mol. The fourth-order valence-corrected chi connectivity index (χ4v) is 1.21. The Bertz CT molecular complexity index is 446. The largest absolute Gasteiger partial charge is 0.481 e. The third-order valence-corrected chi connectivity index (χ3v) is 2.31. The molecule has 0 saturated heterocycles. The second-order valence-electron chi connectivity index (χ2n) is 3.74. The van der Waals surface area contributed by atoms with Gasteiger partial charge < -0.3 is 5.11 Å². The minimum atomic E-state index is -1.29. The Hall–Kier alpha value is -1.89. The van der Waals surface area contributed by atoms with Crippen molar-refractivity contribution < 1.29 is 14.3 Å². The highest BCUT2D eigenvalue weighted by molar-refractivity contribution is 5.80. The van der Waals surface area contributed by atoms with E-state index in [4.69, 9.17) is 10.4 Å². The monoisotopic (exact) mass is 207 g/mol. The molecule has 0 heterocycles. The smallest absolute Gasteiger partial charge is 0.313 e. The van der Waals surface area contributed by atoms with Crippen LogP contribution in [0.25, 0.3) is 0 Å². The van der Waals surface area contributed by atoms with E-state index in [1.165, 1.54) is 26.0 Å². The fraction of sp³-hybridized carbons (Fsp3) is 0.273. The van der Waals surface area contributed by atoms with E-state index in [9.17, 15) is 9.18 Å². The van der Waals surface area contributed by atoms with Gasteiger partial charge in [0.1, 0.15) is 5.82 Å². The van der Waals surface area contributed by atoms with Crippen molar-refractivity contribution in [2.75, 3.05) is 0 Å². The van der Waals surface area contributed by atoms with Crippen molar-refractivity contribution in [3.05, 3.63) is 35.1 Å². The highest BCUT2D eigenvalue weighted by Crippen LogP contribution is 2.26. The topological polar surface area (TPSA) is 61.1 Å². The zero-order valence-electron chi connectivity index (χ0n) is 8.41. The van der Waals surface area contributed by atoms with E-state index >= 15 is 0 Å². The third kappa shape index (κ3) is 1.96. The first-order chi connectivity index (χ1) is 6.89. The molecule has 0 saturated carbocycles. The molecule has 0 aromatic heterocycles. The summed E-state index contributed by atoms with van der Waals surface area (Å²) in [5.74, 6) is -1.77. The molecule has 0 bridgehead atoms. The van der Waals surface area contributed by atoms with Crippen LogP contribution in [0.2, 0.25) is 0 Å². The second-order valence-corrected chi connectivity index (χ2v) is 3.74. The first kappa shape index (κ1) is 11.2. The van der Waals surface area contributed by atoms with E-state index in [0.29, 0.717) is 0 Å². The van der Waals surface area contributed by atoms with E-state index in [2.05, 4.69) is 0 Å². The first-order valence-corrected chi connectivity index (χ1v) is 4.33. The van der Waals surface area contributed by atoms with Gasteiger partial charge in [-0.3, -0.25) is 4.79 Å². The molecule has 0 atom stereocenters. The summed E-state index contributed by atoms with van der Waals surface area (Å²) >= 11 is 0. The lowest BCUT2D eigenvalue weighted by Gasteiger charge is -2.20. The number of aliphatic carboxylic acids is 1. The third-order valence-electron chi connectivity index (χ3n) is 2.31. The predicted molar refractivity (Wildman–Crippen MR) is 51.8 cm³/mol. The summed E-state index contributed by atoms with van der Waals surface area (Å²) in [7, 11) is 0. The van der Waals surface area contributed by atoms with Gasteiger partial charge in [-0.1, -0.05) is 6.07 Å². The highest BCUT2D eigenvalue weighted by atomic mass is 19.1. The molecule has 0 fully saturated rings. The van der Waals surface area contributed by atoms with Crippen molar-refractivity contribution in [2.45, 2.75) is 19.3 Å². The molecule has 1 rings (SSSR count). The molecule has 4 heteroatoms. The van der Waals surface area contributed by atoms with Gasteiger partial charge in [0.05, 0.1) is 17.0 Å². The number of hydrogen-bond acceptors (Lipinski definition) is 2. The molecule has 0 unspecified atom stereocenters. The molecular weight excluding hydrogens is 197 g/mol. The van der Waals surface area contributed by atoms with Gasteiger partial charge in [0, 0.05) is 5.56 Å². The van der Waals surface area contributed by atoms with E-state index < -0.39 is 17.2 Å². The molecular formula is C11H10FNO2. The maximum atomic E-state index is 13.5. The summed E-state index contributed by atoms with van der Waals surface area (Å²) in [5.41, 5.74) is -1.04. The van der Waals surface area contributed by atoms with Crippen LogP contribution in [0.5, 0.6) is 0 Å². The molecule has 3 nitrogen and oxygen atoms in total. The van der Waals surface area contributed by atoms with Crippen LogP contribution in [-0.4, -0.2) is 11.1 Å². The predicted octanol–water partition coefficient (Wildman–Crippen LogP) is 2.06. The van der Waals surface area contributed by atoms with Gasteiger partial charge in [-0.05, 0) is 26.0 Å². The number of nitriles is 1. The Balaban J connectivity index is 3.29. The maximum Gasteiger partial charge on any atom is 0.313 e. The summed E-state index contributed by atoms with van der Waals surface area (Å²) in [5, 5.41) is 17.4. The van der Waals surface area contributed by atoms with Crippen molar-refractivity contribution >= 4 is 5.97 Å². The molecule has 1 aromatic rings. The summed E-state index contributed by atoms with van der Waals surface area (Å²) in [6, 6.07) is 5.57. The van der Waals surface area contributed by atoms with Gasteiger partial charge in [0.25, 0.3) is 0 Å². The Morgan fingerprint density at radius 3 is 2.53 bits per heavy atom. The van der Waals surface area contributed by atoms with E-state index in [0.717, 1.165) is 6.07 Å². The van der Waals surface area contributed by atoms with Crippen molar-refractivity contribution in [1.29, 1.82) is 5.26 Å². The summed E-state index contributed by atoms with van der Waals surface area (Å²) in [6.45, 7) is 2.83. The summed E-state index contributed by atoms with van der Waals surface area (Å²) in [4.78, 5) is 10.9. The number of carboxylic acid groups (broad SMARTS) is 1. The lowest BCUT2D eigenvalue weighted by Crippen LogP contribution is -2.29. The first-order valence-electron chi connectivity index (χ1n) is 4.33. The van der Waals surface area contributed by atoms with Crippen LogP contribution in [-0.2, 0) is 10.2 Å². The zero-order chi connectivity index (χ0) is 11.6. The van der Waals surface area contributed by atoms with Gasteiger partial charge in [-0.15, -0.1) is 0 Å². The van der Waals surface area contributed by atoms with Crippen LogP contribution < -0.4 is 0 Å². The molecule has 0 amide bonds. The molecule has 0 aliphatic heterocycles. The van der Waals surface area contributed by atoms with Crippen LogP contribution >= 0.6 is 0 Å². The molecule has 15 heavy (non-hydrogen) atoms. The van der Waals surface area contributed by atoms with Crippen LogP contribution in [0.15, 0.2) is 18.2 Å². The molecule has 78 valence electrons. The van der Waals surface area contributed by atoms with Gasteiger partial charge in [-0.2, -0.15) is 5.26 Å². The molecule has 0 radical (unpaired) electrons. The van der Waals surface area contributed by atoms with E-state index in [-0.39, 0.29) is 11.1 Å². The molecule has 1 N–H and O–H groups in total. The number of halogens is 1. The lowest BCUT2D eigenvalue weighted by molar-refractivity contribution is -0.142. The van der Waals surface area contributed by atoms with Crippen LogP contribution in [0, 0.1) is 17.1 Å². The van der Waals surface area contributed by atoms with Crippen molar-refractivity contribution in [3.8, 4) is 6.07 Å². The van der Waals surface area contributed by atoms with E-state index in [1.54, 1.807) is 6.07 Å². The Morgan fingerprint density at radius 1 is 1.53 bits per heavy atom. The van der Waals surface area contributed by atoms with Gasteiger partial charge in [-0.25, -0.2) is 4.39 Å². The zero-order valence-corrected chi connectivity index (χ0v) is 8.41. The number of benzene rings is 1. The Morgan fingerprint density at radius 2 is 2.13 bits per heavy atom. The number of hydrogen-bond donors (Lipinski definition) is 1. The van der Waals surface area contributed by atoms with Crippen LogP contribution in [0.3, 0.4) is 0 Å². The van der Waals surface area contributed by atoms with Crippen molar-refractivity contribution in [1.82, 2.24) is 0 Å². The average Bonchev–Trinajstić information content (AvgIpc) is 2.16. The van der Waals surface area contributed by atoms with Crippen LogP contribution in [0.1, 0.15) is 25.0 Å². The molecule has 0 aliphatic rings. The Kier molecular flexibility index (Phi) is 2.76. The maximum absolute atomic E-state index is 13.5. The second kappa shape index (κ2) is 3.70. The highest BCUT2D eigenvalue weighted by Gasteiger charge is 2.32. The minimum absolute atomic E-state index is 0.0778. The number of nitrogens with zero attached hydrogens (tertiary/aromatic N) is 1. The van der Waals surface area contributed by atoms with Gasteiger partial charge in [0.2, 0.25) is 0 Å². The number of rotatable bonds is 2. The quantitative estimate of drug-likeness (QED) is 0.807. The number of carbonyl (C=O) groups is 1. The Labute approximate surface area is 86.8 Å². The molecule has 1 aromatic carbocycles. The van der Waals surface area contributed by atoms with Crippen LogP contribution in [0.4, 0.5) is 4.39 Å². The lowest BCUT2D eigenvalue weighted by atomic mass is 9.84. The SMILES string of the molecule is CC(C)(C(=O)O)c1ccc(C#N)cc1F. The molecule has 0 spiro atoms. The van der Waals surface area contributed by atoms with Gasteiger partial charge in [0.15, 0.2) is 0 Å². The van der Waals surface area contributed by atoms with Crippen molar-refractivity contribution in [2.24, 2.45) is 0 Å². The molecule has 0 aliphatic carbocycles. The summed E-state index contributed by atoms with van der Waals surface area (Å²) < 4.78 is 13.5. The van der Waals surface area contributed by atoms with Crippen molar-refractivity contribution in [3.63, 3.8) is 0 Å².